The van der Waals surface area contributed by atoms with E-state index in [1.807, 2.05) is 39.8 Å². The lowest BCUT2D eigenvalue weighted by molar-refractivity contribution is -0.136. The van der Waals surface area contributed by atoms with Crippen LogP contribution in [0.2, 0.25) is 0 Å². The molecule has 3 aromatic carbocycles. The van der Waals surface area contributed by atoms with E-state index in [9.17, 15) is 14.4 Å². The summed E-state index contributed by atoms with van der Waals surface area (Å²) in [5.74, 6) is 0.212. The number of benzene rings is 3. The van der Waals surface area contributed by atoms with Gasteiger partial charge in [-0.1, -0.05) is 70.2 Å². The van der Waals surface area contributed by atoms with Crippen molar-refractivity contribution < 1.29 is 28.6 Å². The normalized spacial score (nSPS) is 13.9. The Hall–Kier alpha value is -3.93. The molecule has 3 aromatic rings. The lowest BCUT2D eigenvalue weighted by Crippen LogP contribution is -2.29. The fourth-order valence-electron chi connectivity index (χ4n) is 4.34. The number of hydrogen-bond donors (Lipinski definition) is 0. The van der Waals surface area contributed by atoms with Crippen LogP contribution < -0.4 is 9.47 Å². The zero-order chi connectivity index (χ0) is 25.9. The van der Waals surface area contributed by atoms with Crippen LogP contribution in [0.4, 0.5) is 0 Å². The lowest BCUT2D eigenvalue weighted by Gasteiger charge is -2.30. The second-order valence-corrected chi connectivity index (χ2v) is 9.81. The van der Waals surface area contributed by atoms with Gasteiger partial charge in [0.15, 0.2) is 5.60 Å². The quantitative estimate of drug-likeness (QED) is 0.285. The van der Waals surface area contributed by atoms with E-state index < -0.39 is 11.6 Å². The molecule has 0 atom stereocenters. The fraction of sp³-hybridized carbons (Fsp3) is 0.300. The SMILES string of the molecule is CC(C)CC(=O)Oc1ccc(C2(c3ccc(OC(=O)CC(C)C)cc3)OC(=O)c3ccccc32)cc1. The van der Waals surface area contributed by atoms with Gasteiger partial charge < -0.3 is 14.2 Å². The number of carbonyl (C=O) groups excluding carboxylic acids is 3. The highest BCUT2D eigenvalue weighted by molar-refractivity contribution is 5.96. The summed E-state index contributed by atoms with van der Waals surface area (Å²) in [6.07, 6.45) is 0.648. The third-order valence-electron chi connectivity index (χ3n) is 5.91. The number of fused-ring (bicyclic) bond motifs is 1. The van der Waals surface area contributed by atoms with Crippen LogP contribution >= 0.6 is 0 Å². The van der Waals surface area contributed by atoms with Crippen molar-refractivity contribution in [3.05, 3.63) is 95.1 Å². The summed E-state index contributed by atoms with van der Waals surface area (Å²) in [6, 6.07) is 21.2. The van der Waals surface area contributed by atoms with Gasteiger partial charge in [0.1, 0.15) is 11.5 Å². The van der Waals surface area contributed by atoms with Crippen LogP contribution in [-0.2, 0) is 19.9 Å². The highest BCUT2D eigenvalue weighted by Gasteiger charge is 2.48. The Bertz CT molecular complexity index is 1190. The highest BCUT2D eigenvalue weighted by Crippen LogP contribution is 2.47. The van der Waals surface area contributed by atoms with E-state index in [1.54, 1.807) is 60.7 Å². The Morgan fingerprint density at radius 3 is 1.61 bits per heavy atom. The molecule has 0 saturated heterocycles. The number of ether oxygens (including phenoxy) is 3. The largest absolute Gasteiger partial charge is 0.441 e. The first-order chi connectivity index (χ1) is 17.2. The smallest absolute Gasteiger partial charge is 0.340 e. The van der Waals surface area contributed by atoms with Crippen molar-refractivity contribution in [2.45, 2.75) is 46.1 Å². The number of esters is 3. The van der Waals surface area contributed by atoms with Crippen molar-refractivity contribution in [3.63, 3.8) is 0 Å². The van der Waals surface area contributed by atoms with Crippen molar-refractivity contribution in [1.82, 2.24) is 0 Å². The van der Waals surface area contributed by atoms with E-state index in [0.29, 0.717) is 46.6 Å². The van der Waals surface area contributed by atoms with E-state index in [-0.39, 0.29) is 23.8 Å². The average molecular weight is 487 g/mol. The number of rotatable bonds is 8. The zero-order valence-electron chi connectivity index (χ0n) is 20.9. The average Bonchev–Trinajstić information content (AvgIpc) is 3.12. The third kappa shape index (κ3) is 5.18. The maximum absolute atomic E-state index is 12.9. The van der Waals surface area contributed by atoms with E-state index in [0.717, 1.165) is 0 Å². The number of cyclic esters (lactones) is 1. The summed E-state index contributed by atoms with van der Waals surface area (Å²) >= 11 is 0. The molecule has 0 bridgehead atoms. The molecule has 1 aliphatic heterocycles. The van der Waals surface area contributed by atoms with Crippen molar-refractivity contribution in [2.75, 3.05) is 0 Å². The molecule has 0 aliphatic carbocycles. The van der Waals surface area contributed by atoms with Gasteiger partial charge in [0, 0.05) is 29.5 Å². The molecule has 0 aromatic heterocycles. The minimum absolute atomic E-state index is 0.196. The van der Waals surface area contributed by atoms with Crippen molar-refractivity contribution in [3.8, 4) is 11.5 Å². The minimum Gasteiger partial charge on any atom is -0.441 e. The first-order valence-electron chi connectivity index (χ1n) is 12.1. The Morgan fingerprint density at radius 2 is 1.17 bits per heavy atom. The van der Waals surface area contributed by atoms with Crippen LogP contribution in [0.3, 0.4) is 0 Å². The molecule has 0 N–H and O–H groups in total. The van der Waals surface area contributed by atoms with E-state index in [4.69, 9.17) is 14.2 Å². The maximum atomic E-state index is 12.9. The predicted molar refractivity (Wildman–Crippen MR) is 135 cm³/mol. The molecule has 0 radical (unpaired) electrons. The summed E-state index contributed by atoms with van der Waals surface area (Å²) in [4.78, 5) is 37.1. The molecule has 36 heavy (non-hydrogen) atoms. The third-order valence-corrected chi connectivity index (χ3v) is 5.91. The molecule has 6 nitrogen and oxygen atoms in total. The highest BCUT2D eigenvalue weighted by atomic mass is 16.6. The topological polar surface area (TPSA) is 78.9 Å². The van der Waals surface area contributed by atoms with Crippen LogP contribution in [0.1, 0.15) is 67.6 Å². The minimum atomic E-state index is -1.20. The molecule has 1 heterocycles. The fourth-order valence-corrected chi connectivity index (χ4v) is 4.34. The summed E-state index contributed by atoms with van der Waals surface area (Å²) in [5, 5.41) is 0. The summed E-state index contributed by atoms with van der Waals surface area (Å²) in [5.41, 5.74) is 1.40. The van der Waals surface area contributed by atoms with Gasteiger partial charge in [0.25, 0.3) is 0 Å². The van der Waals surface area contributed by atoms with Gasteiger partial charge in [-0.05, 0) is 42.2 Å². The summed E-state index contributed by atoms with van der Waals surface area (Å²) in [6.45, 7) is 7.82. The molecule has 0 spiro atoms. The standard InChI is InChI=1S/C30H30O6/c1-19(2)17-27(31)34-23-13-9-21(10-14-23)30(26-8-6-5-7-25(26)29(33)36-30)22-11-15-24(16-12-22)35-28(32)18-20(3)4/h5-16,19-20H,17-18H2,1-4H3. The van der Waals surface area contributed by atoms with E-state index >= 15 is 0 Å². The Balaban J connectivity index is 1.70. The molecule has 0 fully saturated rings. The van der Waals surface area contributed by atoms with Crippen LogP contribution in [0, 0.1) is 11.8 Å². The second kappa shape index (κ2) is 10.4. The lowest BCUT2D eigenvalue weighted by atomic mass is 9.80. The van der Waals surface area contributed by atoms with Gasteiger partial charge in [0.2, 0.25) is 0 Å². The second-order valence-electron chi connectivity index (χ2n) is 9.81. The molecule has 0 amide bonds. The molecule has 1 aliphatic rings. The molecule has 4 rings (SSSR count). The molecule has 186 valence electrons. The van der Waals surface area contributed by atoms with Gasteiger partial charge in [-0.3, -0.25) is 9.59 Å². The van der Waals surface area contributed by atoms with Crippen molar-refractivity contribution in [2.24, 2.45) is 11.8 Å². The van der Waals surface area contributed by atoms with Crippen LogP contribution in [0.25, 0.3) is 0 Å². The molecule has 6 heteroatoms. The Labute approximate surface area is 211 Å². The van der Waals surface area contributed by atoms with Gasteiger partial charge in [0.05, 0.1) is 5.56 Å². The van der Waals surface area contributed by atoms with Crippen LogP contribution in [-0.4, -0.2) is 17.9 Å². The maximum Gasteiger partial charge on any atom is 0.340 e. The van der Waals surface area contributed by atoms with Crippen molar-refractivity contribution in [1.29, 1.82) is 0 Å². The van der Waals surface area contributed by atoms with Gasteiger partial charge in [-0.15, -0.1) is 0 Å². The zero-order valence-corrected chi connectivity index (χ0v) is 20.9. The first-order valence-corrected chi connectivity index (χ1v) is 12.1. The van der Waals surface area contributed by atoms with Gasteiger partial charge >= 0.3 is 17.9 Å². The molecular formula is C30H30O6. The van der Waals surface area contributed by atoms with Gasteiger partial charge in [-0.2, -0.15) is 0 Å². The van der Waals surface area contributed by atoms with Gasteiger partial charge in [-0.25, -0.2) is 4.79 Å². The monoisotopic (exact) mass is 486 g/mol. The summed E-state index contributed by atoms with van der Waals surface area (Å²) < 4.78 is 17.0. The Kier molecular flexibility index (Phi) is 7.25. The molecule has 0 unspecified atom stereocenters. The van der Waals surface area contributed by atoms with Crippen LogP contribution in [0.5, 0.6) is 11.5 Å². The molecular weight excluding hydrogens is 456 g/mol. The number of carbonyl (C=O) groups is 3. The Morgan fingerprint density at radius 1 is 0.722 bits per heavy atom. The number of hydrogen-bond acceptors (Lipinski definition) is 6. The summed E-state index contributed by atoms with van der Waals surface area (Å²) in [7, 11) is 0. The van der Waals surface area contributed by atoms with Crippen molar-refractivity contribution >= 4 is 17.9 Å². The first kappa shape index (κ1) is 25.2. The molecule has 0 saturated carbocycles. The van der Waals surface area contributed by atoms with E-state index in [2.05, 4.69) is 0 Å². The van der Waals surface area contributed by atoms with E-state index in [1.165, 1.54) is 0 Å². The predicted octanol–water partition coefficient (Wildman–Crippen LogP) is 6.05. The van der Waals surface area contributed by atoms with Crippen LogP contribution in [0.15, 0.2) is 72.8 Å².